The molecular formula is C17H30N2. The van der Waals surface area contributed by atoms with E-state index < -0.39 is 0 Å². The molecule has 0 aromatic heterocycles. The summed E-state index contributed by atoms with van der Waals surface area (Å²) in [6.45, 7) is 6.34. The normalized spacial score (nSPS) is 51.5. The molecule has 0 radical (unpaired) electrons. The smallest absolute Gasteiger partial charge is 0.0145 e. The van der Waals surface area contributed by atoms with Crippen LogP contribution < -0.4 is 0 Å². The van der Waals surface area contributed by atoms with E-state index in [-0.39, 0.29) is 0 Å². The van der Waals surface area contributed by atoms with Crippen LogP contribution in [0.2, 0.25) is 0 Å². The Balaban J connectivity index is 1.45. The maximum absolute atomic E-state index is 2.90. The van der Waals surface area contributed by atoms with E-state index in [0.717, 1.165) is 36.1 Å². The molecule has 0 aromatic rings. The summed E-state index contributed by atoms with van der Waals surface area (Å²) < 4.78 is 0. The highest BCUT2D eigenvalue weighted by Crippen LogP contribution is 2.46. The van der Waals surface area contributed by atoms with Crippen molar-refractivity contribution in [3.8, 4) is 0 Å². The van der Waals surface area contributed by atoms with Crippen LogP contribution in [-0.4, -0.2) is 46.6 Å². The monoisotopic (exact) mass is 262 g/mol. The van der Waals surface area contributed by atoms with E-state index in [4.69, 9.17) is 0 Å². The molecule has 6 atom stereocenters. The average molecular weight is 262 g/mol. The predicted octanol–water partition coefficient (Wildman–Crippen LogP) is 3.26. The van der Waals surface area contributed by atoms with Crippen LogP contribution in [0.5, 0.6) is 0 Å². The van der Waals surface area contributed by atoms with Crippen LogP contribution in [0.1, 0.15) is 65.2 Å². The second kappa shape index (κ2) is 4.73. The summed E-state index contributed by atoms with van der Waals surface area (Å²) in [5.74, 6) is 1.01. The molecule has 6 unspecified atom stereocenters. The van der Waals surface area contributed by atoms with Crippen molar-refractivity contribution in [2.45, 2.75) is 95.4 Å². The van der Waals surface area contributed by atoms with Crippen LogP contribution in [0.4, 0.5) is 0 Å². The fraction of sp³-hybridized carbons (Fsp3) is 1.00. The minimum atomic E-state index is 0.848. The molecule has 4 aliphatic rings. The van der Waals surface area contributed by atoms with Gasteiger partial charge in [0.15, 0.2) is 0 Å². The number of hydrogen-bond acceptors (Lipinski definition) is 2. The maximum Gasteiger partial charge on any atom is 0.0145 e. The average Bonchev–Trinajstić information content (AvgIpc) is 2.64. The summed E-state index contributed by atoms with van der Waals surface area (Å²) in [6, 6.07) is 4.58. The Labute approximate surface area is 118 Å². The number of hydrogen-bond donors (Lipinski definition) is 0. The van der Waals surface area contributed by atoms with Gasteiger partial charge in [0.2, 0.25) is 0 Å². The topological polar surface area (TPSA) is 6.48 Å². The Bertz CT molecular complexity index is 336. The van der Waals surface area contributed by atoms with Crippen molar-refractivity contribution in [2.24, 2.45) is 5.92 Å². The Morgan fingerprint density at radius 3 is 2.53 bits per heavy atom. The first-order valence-corrected chi connectivity index (χ1v) is 8.77. The lowest BCUT2D eigenvalue weighted by molar-refractivity contribution is -0.0592. The first kappa shape index (κ1) is 12.6. The second-order valence-corrected chi connectivity index (χ2v) is 7.80. The number of nitrogens with zero attached hydrogens (tertiary/aromatic N) is 2. The molecule has 19 heavy (non-hydrogen) atoms. The van der Waals surface area contributed by atoms with Gasteiger partial charge in [-0.1, -0.05) is 6.42 Å². The van der Waals surface area contributed by atoms with Gasteiger partial charge in [0.25, 0.3) is 0 Å². The molecule has 4 rings (SSSR count). The molecular weight excluding hydrogens is 232 g/mol. The second-order valence-electron chi connectivity index (χ2n) is 7.80. The van der Waals surface area contributed by atoms with Crippen molar-refractivity contribution < 1.29 is 0 Å². The van der Waals surface area contributed by atoms with Crippen molar-refractivity contribution in [1.29, 1.82) is 0 Å². The molecule has 4 aliphatic heterocycles. The fourth-order valence-corrected chi connectivity index (χ4v) is 5.82. The molecule has 0 amide bonds. The third kappa shape index (κ3) is 1.98. The molecule has 0 N–H and O–H groups in total. The van der Waals surface area contributed by atoms with E-state index in [2.05, 4.69) is 23.6 Å². The summed E-state index contributed by atoms with van der Waals surface area (Å²) in [4.78, 5) is 5.74. The lowest BCUT2D eigenvalue weighted by Gasteiger charge is -2.55. The van der Waals surface area contributed by atoms with Crippen LogP contribution in [0.25, 0.3) is 0 Å². The van der Waals surface area contributed by atoms with Crippen LogP contribution >= 0.6 is 0 Å². The molecule has 4 fully saturated rings. The van der Waals surface area contributed by atoms with Crippen molar-refractivity contribution in [3.05, 3.63) is 0 Å². The van der Waals surface area contributed by atoms with Gasteiger partial charge in [0, 0.05) is 30.2 Å². The molecule has 4 heterocycles. The van der Waals surface area contributed by atoms with Crippen molar-refractivity contribution in [3.63, 3.8) is 0 Å². The van der Waals surface area contributed by atoms with E-state index in [1.165, 1.54) is 57.9 Å². The van der Waals surface area contributed by atoms with Gasteiger partial charge in [0.1, 0.15) is 0 Å². The summed E-state index contributed by atoms with van der Waals surface area (Å²) in [5, 5.41) is 0. The summed E-state index contributed by atoms with van der Waals surface area (Å²) >= 11 is 0. The standard InChI is InChI=1S/C17H30N2/c1-12-6-7-16-11-17(19(12)16)14-9-13(2)18-8-4-3-5-15(18)10-14/h12-17H,3-11H2,1-2H3. The summed E-state index contributed by atoms with van der Waals surface area (Å²) in [7, 11) is 0. The van der Waals surface area contributed by atoms with Gasteiger partial charge in [-0.15, -0.1) is 0 Å². The van der Waals surface area contributed by atoms with E-state index in [1.54, 1.807) is 0 Å². The molecule has 2 heteroatoms. The van der Waals surface area contributed by atoms with E-state index in [1.807, 2.05) is 0 Å². The first-order valence-electron chi connectivity index (χ1n) is 8.77. The third-order valence-electron chi connectivity index (χ3n) is 6.75. The molecule has 0 spiro atoms. The van der Waals surface area contributed by atoms with E-state index in [0.29, 0.717) is 0 Å². The highest BCUT2D eigenvalue weighted by Gasteiger charge is 2.50. The SMILES string of the molecule is CC1CC(C2CC3CCC(C)N32)CC2CCCCN12. The zero-order valence-electron chi connectivity index (χ0n) is 12.7. The minimum Gasteiger partial charge on any atom is -0.298 e. The van der Waals surface area contributed by atoms with E-state index in [9.17, 15) is 0 Å². The van der Waals surface area contributed by atoms with Crippen LogP contribution in [0, 0.1) is 5.92 Å². The molecule has 0 saturated carbocycles. The van der Waals surface area contributed by atoms with Crippen molar-refractivity contribution in [1.82, 2.24) is 9.80 Å². The van der Waals surface area contributed by atoms with Gasteiger partial charge >= 0.3 is 0 Å². The van der Waals surface area contributed by atoms with Crippen LogP contribution in [0.15, 0.2) is 0 Å². The lowest BCUT2D eigenvalue weighted by atomic mass is 9.73. The molecule has 0 bridgehead atoms. The largest absolute Gasteiger partial charge is 0.298 e. The lowest BCUT2D eigenvalue weighted by Crippen LogP contribution is -2.61. The van der Waals surface area contributed by atoms with Gasteiger partial charge in [-0.25, -0.2) is 0 Å². The highest BCUT2D eigenvalue weighted by molar-refractivity contribution is 5.05. The zero-order valence-corrected chi connectivity index (χ0v) is 12.7. The van der Waals surface area contributed by atoms with Crippen LogP contribution in [-0.2, 0) is 0 Å². The van der Waals surface area contributed by atoms with E-state index >= 15 is 0 Å². The van der Waals surface area contributed by atoms with Crippen molar-refractivity contribution in [2.75, 3.05) is 6.54 Å². The van der Waals surface area contributed by atoms with Crippen LogP contribution in [0.3, 0.4) is 0 Å². The Morgan fingerprint density at radius 1 is 0.789 bits per heavy atom. The summed E-state index contributed by atoms with van der Waals surface area (Å²) in [6.07, 6.45) is 11.8. The third-order valence-corrected chi connectivity index (χ3v) is 6.75. The predicted molar refractivity (Wildman–Crippen MR) is 79.3 cm³/mol. The Hall–Kier alpha value is -0.0800. The number of fused-ring (bicyclic) bond motifs is 2. The molecule has 0 aliphatic carbocycles. The van der Waals surface area contributed by atoms with Gasteiger partial charge in [-0.3, -0.25) is 9.80 Å². The number of rotatable bonds is 1. The molecule has 108 valence electrons. The fourth-order valence-electron chi connectivity index (χ4n) is 5.82. The summed E-state index contributed by atoms with van der Waals surface area (Å²) in [5.41, 5.74) is 0. The van der Waals surface area contributed by atoms with Gasteiger partial charge in [-0.2, -0.15) is 0 Å². The molecule has 2 nitrogen and oxygen atoms in total. The quantitative estimate of drug-likeness (QED) is 0.715. The van der Waals surface area contributed by atoms with Crippen molar-refractivity contribution >= 4 is 0 Å². The minimum absolute atomic E-state index is 0.848. The number of piperidine rings is 2. The van der Waals surface area contributed by atoms with Gasteiger partial charge < -0.3 is 0 Å². The Kier molecular flexibility index (Phi) is 3.15. The molecule has 0 aromatic carbocycles. The van der Waals surface area contributed by atoms with Gasteiger partial charge in [-0.05, 0) is 71.3 Å². The van der Waals surface area contributed by atoms with Gasteiger partial charge in [0.05, 0.1) is 0 Å². The Morgan fingerprint density at radius 2 is 1.68 bits per heavy atom. The first-order chi connectivity index (χ1) is 9.24. The highest BCUT2D eigenvalue weighted by atomic mass is 15.3. The molecule has 4 saturated heterocycles. The maximum atomic E-state index is 2.90. The zero-order chi connectivity index (χ0) is 13.0.